The average molecular weight is 451 g/mol. The number of carbonyl (C=O) groups excluding carboxylic acids is 1. The van der Waals surface area contributed by atoms with E-state index in [0.717, 1.165) is 77.5 Å². The van der Waals surface area contributed by atoms with Gasteiger partial charge in [-0.25, -0.2) is 0 Å². The molecule has 2 saturated carbocycles. The number of morpholine rings is 1. The van der Waals surface area contributed by atoms with Gasteiger partial charge in [0.25, 0.3) is 0 Å². The minimum absolute atomic E-state index is 0.144. The fraction of sp³-hybridized carbons (Fsp3) is 0.958. The van der Waals surface area contributed by atoms with Crippen LogP contribution >= 0.6 is 0 Å². The molecule has 8 heteroatoms. The van der Waals surface area contributed by atoms with Crippen molar-refractivity contribution in [2.45, 2.75) is 89.3 Å². The van der Waals surface area contributed by atoms with Crippen LogP contribution in [-0.4, -0.2) is 81.3 Å². The zero-order valence-corrected chi connectivity index (χ0v) is 20.0. The van der Waals surface area contributed by atoms with Gasteiger partial charge >= 0.3 is 0 Å². The largest absolute Gasteiger partial charge is 0.379 e. The molecule has 4 rings (SSSR count). The van der Waals surface area contributed by atoms with Gasteiger partial charge in [-0.15, -0.1) is 0 Å². The first-order chi connectivity index (χ1) is 15.7. The highest BCUT2D eigenvalue weighted by molar-refractivity contribution is 5.78. The van der Waals surface area contributed by atoms with Crippen molar-refractivity contribution in [2.24, 2.45) is 11.8 Å². The van der Waals surface area contributed by atoms with E-state index in [2.05, 4.69) is 38.4 Å². The minimum atomic E-state index is 0.144. The van der Waals surface area contributed by atoms with Crippen LogP contribution in [0.5, 0.6) is 0 Å². The van der Waals surface area contributed by atoms with Crippen molar-refractivity contribution in [3.8, 4) is 0 Å². The lowest BCUT2D eigenvalue weighted by Gasteiger charge is -2.39. The Bertz CT molecular complexity index is 573. The van der Waals surface area contributed by atoms with Crippen LogP contribution in [0.2, 0.25) is 0 Å². The number of amides is 1. The minimum Gasteiger partial charge on any atom is -0.379 e. The van der Waals surface area contributed by atoms with Gasteiger partial charge < -0.3 is 10.1 Å². The molecule has 0 radical (unpaired) electrons. The Morgan fingerprint density at radius 2 is 1.78 bits per heavy atom. The van der Waals surface area contributed by atoms with Gasteiger partial charge in [-0.3, -0.25) is 31.0 Å². The SMILES string of the molecule is CC1CCCC(NC2NCCC(NC3CCCC(C(=O)NCCN4CCOCC4)C3)N2)C1. The van der Waals surface area contributed by atoms with E-state index < -0.39 is 0 Å². The summed E-state index contributed by atoms with van der Waals surface area (Å²) in [7, 11) is 0. The summed E-state index contributed by atoms with van der Waals surface area (Å²) in [6.07, 6.45) is 11.1. The summed E-state index contributed by atoms with van der Waals surface area (Å²) < 4.78 is 5.40. The van der Waals surface area contributed by atoms with Crippen LogP contribution in [0.4, 0.5) is 0 Å². The Hall–Kier alpha value is -0.770. The molecule has 4 fully saturated rings. The standard InChI is InChI=1S/C24H46N6O2/c1-18-4-2-6-20(16-18)28-24-26-9-8-22(29-24)27-21-7-3-5-19(17-21)23(31)25-10-11-30-12-14-32-15-13-30/h18-22,24,26-29H,2-17H2,1H3,(H,25,31). The summed E-state index contributed by atoms with van der Waals surface area (Å²) in [5.74, 6) is 1.22. The van der Waals surface area contributed by atoms with Crippen LogP contribution in [0.15, 0.2) is 0 Å². The number of carbonyl (C=O) groups is 1. The molecule has 0 aromatic rings. The average Bonchev–Trinajstić information content (AvgIpc) is 2.80. The van der Waals surface area contributed by atoms with Crippen molar-refractivity contribution in [3.63, 3.8) is 0 Å². The molecule has 0 spiro atoms. The number of nitrogens with one attached hydrogen (secondary N) is 5. The maximum atomic E-state index is 12.8. The third-order valence-electron chi connectivity index (χ3n) is 7.80. The zero-order valence-electron chi connectivity index (χ0n) is 20.0. The molecular weight excluding hydrogens is 404 g/mol. The fourth-order valence-electron chi connectivity index (χ4n) is 5.95. The van der Waals surface area contributed by atoms with Gasteiger partial charge in [0.2, 0.25) is 5.91 Å². The lowest BCUT2D eigenvalue weighted by atomic mass is 9.85. The Kier molecular flexibility index (Phi) is 9.61. The van der Waals surface area contributed by atoms with Crippen LogP contribution in [0.25, 0.3) is 0 Å². The maximum absolute atomic E-state index is 12.8. The molecule has 2 saturated heterocycles. The lowest BCUT2D eigenvalue weighted by Crippen LogP contribution is -2.66. The second-order valence-corrected chi connectivity index (χ2v) is 10.5. The highest BCUT2D eigenvalue weighted by Gasteiger charge is 2.30. The molecular formula is C24H46N6O2. The van der Waals surface area contributed by atoms with Gasteiger partial charge in [0.15, 0.2) is 0 Å². The molecule has 2 aliphatic heterocycles. The van der Waals surface area contributed by atoms with Crippen molar-refractivity contribution in [3.05, 3.63) is 0 Å². The van der Waals surface area contributed by atoms with Crippen molar-refractivity contribution < 1.29 is 9.53 Å². The number of ether oxygens (including phenoxy) is 1. The van der Waals surface area contributed by atoms with Crippen LogP contribution in [0.3, 0.4) is 0 Å². The number of nitrogens with zero attached hydrogens (tertiary/aromatic N) is 1. The molecule has 4 aliphatic rings. The molecule has 2 aliphatic carbocycles. The maximum Gasteiger partial charge on any atom is 0.223 e. The van der Waals surface area contributed by atoms with Crippen LogP contribution in [-0.2, 0) is 9.53 Å². The van der Waals surface area contributed by atoms with Gasteiger partial charge in [-0.2, -0.15) is 0 Å². The molecule has 0 bridgehead atoms. The third-order valence-corrected chi connectivity index (χ3v) is 7.80. The number of hydrogen-bond donors (Lipinski definition) is 5. The van der Waals surface area contributed by atoms with Crippen molar-refractivity contribution in [1.82, 2.24) is 31.5 Å². The number of hydrogen-bond acceptors (Lipinski definition) is 7. The molecule has 0 aromatic carbocycles. The Labute approximate surface area is 194 Å². The molecule has 184 valence electrons. The molecule has 32 heavy (non-hydrogen) atoms. The van der Waals surface area contributed by atoms with Gasteiger partial charge in [0, 0.05) is 50.7 Å². The molecule has 1 amide bonds. The summed E-state index contributed by atoms with van der Waals surface area (Å²) in [4.78, 5) is 15.1. The third kappa shape index (κ3) is 7.64. The molecule has 0 aromatic heterocycles. The first-order valence-electron chi connectivity index (χ1n) is 13.2. The highest BCUT2D eigenvalue weighted by Crippen LogP contribution is 2.26. The van der Waals surface area contributed by atoms with Crippen molar-refractivity contribution >= 4 is 5.91 Å². The summed E-state index contributed by atoms with van der Waals surface area (Å²) in [6, 6.07) is 1.03. The van der Waals surface area contributed by atoms with Crippen LogP contribution < -0.4 is 26.6 Å². The Balaban J connectivity index is 1.15. The summed E-state index contributed by atoms with van der Waals surface area (Å²) in [5, 5.41) is 18.1. The predicted octanol–water partition coefficient (Wildman–Crippen LogP) is 0.944. The molecule has 6 atom stereocenters. The normalized spacial score (nSPS) is 37.2. The Morgan fingerprint density at radius 1 is 1.00 bits per heavy atom. The lowest BCUT2D eigenvalue weighted by molar-refractivity contribution is -0.126. The van der Waals surface area contributed by atoms with E-state index in [9.17, 15) is 4.79 Å². The van der Waals surface area contributed by atoms with E-state index >= 15 is 0 Å². The first kappa shape index (κ1) is 24.4. The molecule has 8 nitrogen and oxygen atoms in total. The second kappa shape index (κ2) is 12.6. The van der Waals surface area contributed by atoms with Gasteiger partial charge in [0.05, 0.1) is 19.4 Å². The first-order valence-corrected chi connectivity index (χ1v) is 13.2. The van der Waals surface area contributed by atoms with Crippen LogP contribution in [0, 0.1) is 11.8 Å². The van der Waals surface area contributed by atoms with E-state index in [4.69, 9.17) is 4.74 Å². The quantitative estimate of drug-likeness (QED) is 0.376. The van der Waals surface area contributed by atoms with E-state index in [1.807, 2.05) is 0 Å². The smallest absolute Gasteiger partial charge is 0.223 e. The fourth-order valence-corrected chi connectivity index (χ4v) is 5.95. The molecule has 6 unspecified atom stereocenters. The van der Waals surface area contributed by atoms with Gasteiger partial charge in [-0.1, -0.05) is 26.2 Å². The van der Waals surface area contributed by atoms with Crippen molar-refractivity contribution in [1.29, 1.82) is 0 Å². The second-order valence-electron chi connectivity index (χ2n) is 10.5. The summed E-state index contributed by atoms with van der Waals surface area (Å²) >= 11 is 0. The zero-order chi connectivity index (χ0) is 22.2. The molecule has 5 N–H and O–H groups in total. The number of rotatable bonds is 8. The van der Waals surface area contributed by atoms with Gasteiger partial charge in [0.1, 0.15) is 6.29 Å². The predicted molar refractivity (Wildman–Crippen MR) is 127 cm³/mol. The topological polar surface area (TPSA) is 89.7 Å². The van der Waals surface area contributed by atoms with Crippen molar-refractivity contribution in [2.75, 3.05) is 45.9 Å². The summed E-state index contributed by atoms with van der Waals surface area (Å²) in [5.41, 5.74) is 0. The molecule has 2 heterocycles. The highest BCUT2D eigenvalue weighted by atomic mass is 16.5. The Morgan fingerprint density at radius 3 is 2.59 bits per heavy atom. The van der Waals surface area contributed by atoms with Crippen LogP contribution in [0.1, 0.15) is 64.7 Å². The van der Waals surface area contributed by atoms with E-state index in [1.165, 1.54) is 32.1 Å². The van der Waals surface area contributed by atoms with E-state index in [1.54, 1.807) is 0 Å². The summed E-state index contributed by atoms with van der Waals surface area (Å²) in [6.45, 7) is 8.64. The monoisotopic (exact) mass is 450 g/mol. The van der Waals surface area contributed by atoms with E-state index in [-0.39, 0.29) is 18.1 Å². The van der Waals surface area contributed by atoms with E-state index in [0.29, 0.717) is 18.2 Å². The van der Waals surface area contributed by atoms with Gasteiger partial charge in [-0.05, 0) is 44.4 Å².